The van der Waals surface area contributed by atoms with Crippen LogP contribution >= 0.6 is 0 Å². The Balaban J connectivity index is 1.56. The molecule has 0 radical (unpaired) electrons. The quantitative estimate of drug-likeness (QED) is 0.575. The third-order valence-electron chi connectivity index (χ3n) is 4.09. The van der Waals surface area contributed by atoms with Gasteiger partial charge in [0.25, 0.3) is 0 Å². The number of para-hydroxylation sites is 1. The van der Waals surface area contributed by atoms with E-state index in [1.165, 1.54) is 16.6 Å². The maximum atomic E-state index is 4.20. The fourth-order valence-corrected chi connectivity index (χ4v) is 3.07. The molecule has 0 fully saturated rings. The first-order valence-corrected chi connectivity index (χ1v) is 7.74. The molecule has 4 aromatic rings. The van der Waals surface area contributed by atoms with Gasteiger partial charge in [-0.2, -0.15) is 15.4 Å². The molecule has 2 N–H and O–H groups in total. The van der Waals surface area contributed by atoms with Gasteiger partial charge in [-0.3, -0.25) is 0 Å². The zero-order valence-corrected chi connectivity index (χ0v) is 12.7. The lowest BCUT2D eigenvalue weighted by Crippen LogP contribution is -2.16. The number of imidazole rings is 1. The van der Waals surface area contributed by atoms with E-state index < -0.39 is 0 Å². The van der Waals surface area contributed by atoms with E-state index in [-0.39, 0.29) is 0 Å². The van der Waals surface area contributed by atoms with Crippen molar-refractivity contribution in [2.75, 3.05) is 0 Å². The van der Waals surface area contributed by atoms with Crippen LogP contribution in [0.4, 0.5) is 0 Å². The molecule has 0 saturated heterocycles. The number of aromatic amines is 2. The highest BCUT2D eigenvalue weighted by atomic mass is 15.3. The summed E-state index contributed by atoms with van der Waals surface area (Å²) >= 11 is 0. The van der Waals surface area contributed by atoms with Crippen LogP contribution in [0, 0.1) is 5.92 Å². The molecule has 0 amide bonds. The Morgan fingerprint density at radius 1 is 1.17 bits per heavy atom. The second kappa shape index (κ2) is 6.08. The lowest BCUT2D eigenvalue weighted by atomic mass is 9.97. The molecular weight excluding hydrogens is 288 g/mol. The van der Waals surface area contributed by atoms with Crippen molar-refractivity contribution in [2.45, 2.75) is 19.4 Å². The number of hydrogen-bond donors (Lipinski definition) is 2. The molecular formula is C17H18N6. The van der Waals surface area contributed by atoms with Crippen LogP contribution in [0.15, 0.2) is 55.2 Å². The summed E-state index contributed by atoms with van der Waals surface area (Å²) in [6, 6.07) is 10.6. The average molecular weight is 306 g/mol. The molecule has 0 saturated carbocycles. The van der Waals surface area contributed by atoms with Crippen LogP contribution < -0.4 is 0 Å². The summed E-state index contributed by atoms with van der Waals surface area (Å²) in [6.45, 7) is 0.905. The van der Waals surface area contributed by atoms with Crippen molar-refractivity contribution in [2.24, 2.45) is 5.92 Å². The van der Waals surface area contributed by atoms with Gasteiger partial charge in [0.1, 0.15) is 0 Å². The second-order valence-electron chi connectivity index (χ2n) is 5.88. The standard InChI is InChI=1S/C17H18N6/c1-2-4-17-14(3-1)9-15(20-17)7-13(8-16-10-19-22-21-16)11-23-6-5-18-12-23/h1-6,9-10,12-13,20H,7-8,11H2,(H,19,21,22). The Labute approximate surface area is 133 Å². The van der Waals surface area contributed by atoms with Gasteiger partial charge in [0, 0.05) is 30.1 Å². The largest absolute Gasteiger partial charge is 0.358 e. The minimum absolute atomic E-state index is 0.419. The third-order valence-corrected chi connectivity index (χ3v) is 4.09. The molecule has 6 nitrogen and oxygen atoms in total. The topological polar surface area (TPSA) is 75.2 Å². The van der Waals surface area contributed by atoms with Crippen LogP contribution in [0.3, 0.4) is 0 Å². The fourth-order valence-electron chi connectivity index (χ4n) is 3.07. The smallest absolute Gasteiger partial charge is 0.0946 e. The predicted molar refractivity (Wildman–Crippen MR) is 87.8 cm³/mol. The van der Waals surface area contributed by atoms with Crippen molar-refractivity contribution in [3.63, 3.8) is 0 Å². The van der Waals surface area contributed by atoms with Gasteiger partial charge in [-0.1, -0.05) is 18.2 Å². The first-order valence-electron chi connectivity index (χ1n) is 7.74. The summed E-state index contributed by atoms with van der Waals surface area (Å²) in [5, 5.41) is 12.1. The molecule has 3 aromatic heterocycles. The Kier molecular flexibility index (Phi) is 3.63. The van der Waals surface area contributed by atoms with Crippen LogP contribution in [-0.2, 0) is 19.4 Å². The monoisotopic (exact) mass is 306 g/mol. The summed E-state index contributed by atoms with van der Waals surface area (Å²) in [6.07, 6.45) is 9.31. The van der Waals surface area contributed by atoms with E-state index in [2.05, 4.69) is 60.3 Å². The number of hydrogen-bond acceptors (Lipinski definition) is 3. The summed E-state index contributed by atoms with van der Waals surface area (Å²) in [7, 11) is 0. The van der Waals surface area contributed by atoms with E-state index in [0.29, 0.717) is 5.92 Å². The van der Waals surface area contributed by atoms with Crippen LogP contribution in [-0.4, -0.2) is 29.9 Å². The molecule has 6 heteroatoms. The number of aromatic nitrogens is 6. The number of fused-ring (bicyclic) bond motifs is 1. The summed E-state index contributed by atoms with van der Waals surface area (Å²) in [5.74, 6) is 0.419. The van der Waals surface area contributed by atoms with Crippen molar-refractivity contribution in [3.05, 3.63) is 66.6 Å². The Morgan fingerprint density at radius 2 is 2.13 bits per heavy atom. The molecule has 1 atom stereocenters. The highest BCUT2D eigenvalue weighted by molar-refractivity contribution is 5.80. The Bertz CT molecular complexity index is 790. The molecule has 0 spiro atoms. The van der Waals surface area contributed by atoms with Gasteiger partial charge in [0.2, 0.25) is 0 Å². The molecule has 1 aromatic carbocycles. The zero-order chi connectivity index (χ0) is 15.5. The van der Waals surface area contributed by atoms with Gasteiger partial charge in [0.05, 0.1) is 18.2 Å². The summed E-state index contributed by atoms with van der Waals surface area (Å²) in [4.78, 5) is 7.65. The van der Waals surface area contributed by atoms with Crippen LogP contribution in [0.2, 0.25) is 0 Å². The molecule has 0 aliphatic rings. The molecule has 1 unspecified atom stereocenters. The van der Waals surface area contributed by atoms with Gasteiger partial charge < -0.3 is 9.55 Å². The second-order valence-corrected chi connectivity index (χ2v) is 5.88. The van der Waals surface area contributed by atoms with E-state index in [1.807, 2.05) is 18.7 Å². The van der Waals surface area contributed by atoms with Crippen molar-refractivity contribution in [3.8, 4) is 0 Å². The fraction of sp³-hybridized carbons (Fsp3) is 0.235. The minimum atomic E-state index is 0.419. The van der Waals surface area contributed by atoms with E-state index in [1.54, 1.807) is 6.20 Å². The van der Waals surface area contributed by atoms with Crippen molar-refractivity contribution in [1.29, 1.82) is 0 Å². The van der Waals surface area contributed by atoms with Crippen LogP contribution in [0.25, 0.3) is 10.9 Å². The van der Waals surface area contributed by atoms with Crippen molar-refractivity contribution in [1.82, 2.24) is 29.9 Å². The van der Waals surface area contributed by atoms with Gasteiger partial charge >= 0.3 is 0 Å². The van der Waals surface area contributed by atoms with E-state index in [0.717, 1.165) is 25.1 Å². The van der Waals surface area contributed by atoms with E-state index in [9.17, 15) is 0 Å². The molecule has 0 bridgehead atoms. The Morgan fingerprint density at radius 3 is 2.91 bits per heavy atom. The molecule has 4 rings (SSSR count). The molecule has 0 aliphatic carbocycles. The number of rotatable bonds is 6. The van der Waals surface area contributed by atoms with Gasteiger partial charge in [-0.15, -0.1) is 0 Å². The number of H-pyrrole nitrogens is 2. The molecule has 0 aliphatic heterocycles. The van der Waals surface area contributed by atoms with E-state index >= 15 is 0 Å². The SMILES string of the molecule is c1ccc2[nH]c(CC(Cc3cn[nH]n3)Cn3ccnc3)cc2c1. The normalized spacial score (nSPS) is 12.7. The zero-order valence-electron chi connectivity index (χ0n) is 12.7. The highest BCUT2D eigenvalue weighted by Gasteiger charge is 2.15. The summed E-state index contributed by atoms with van der Waals surface area (Å²) in [5.41, 5.74) is 3.43. The minimum Gasteiger partial charge on any atom is -0.358 e. The van der Waals surface area contributed by atoms with Crippen molar-refractivity contribution < 1.29 is 0 Å². The summed E-state index contributed by atoms with van der Waals surface area (Å²) < 4.78 is 2.12. The predicted octanol–water partition coefficient (Wildman–Crippen LogP) is 2.58. The number of nitrogens with one attached hydrogen (secondary N) is 2. The molecule has 116 valence electrons. The number of nitrogens with zero attached hydrogens (tertiary/aromatic N) is 4. The van der Waals surface area contributed by atoms with Crippen molar-refractivity contribution >= 4 is 10.9 Å². The first-order chi connectivity index (χ1) is 11.4. The van der Waals surface area contributed by atoms with Gasteiger partial charge in [-0.25, -0.2) is 4.98 Å². The molecule has 23 heavy (non-hydrogen) atoms. The third kappa shape index (κ3) is 3.15. The maximum absolute atomic E-state index is 4.20. The first kappa shape index (κ1) is 13.8. The Hall–Kier alpha value is -2.89. The van der Waals surface area contributed by atoms with Crippen LogP contribution in [0.1, 0.15) is 11.4 Å². The lowest BCUT2D eigenvalue weighted by molar-refractivity contribution is 0.431. The average Bonchev–Trinajstić information content (AvgIpc) is 3.27. The maximum Gasteiger partial charge on any atom is 0.0946 e. The van der Waals surface area contributed by atoms with Crippen LogP contribution in [0.5, 0.6) is 0 Å². The van der Waals surface area contributed by atoms with E-state index in [4.69, 9.17) is 0 Å². The lowest BCUT2D eigenvalue weighted by Gasteiger charge is -2.15. The van der Waals surface area contributed by atoms with Gasteiger partial charge in [0.15, 0.2) is 0 Å². The van der Waals surface area contributed by atoms with Gasteiger partial charge in [-0.05, 0) is 36.3 Å². The number of benzene rings is 1. The highest BCUT2D eigenvalue weighted by Crippen LogP contribution is 2.20. The molecule has 3 heterocycles.